The van der Waals surface area contributed by atoms with Crippen molar-refractivity contribution in [3.05, 3.63) is 58.1 Å². The molecule has 0 aliphatic carbocycles. The summed E-state index contributed by atoms with van der Waals surface area (Å²) in [5, 5.41) is 4.56. The molecule has 3 rings (SSSR count). The number of hydrogen-bond donors (Lipinski definition) is 1. The predicted molar refractivity (Wildman–Crippen MR) is 107 cm³/mol. The molecule has 1 amide bonds. The van der Waals surface area contributed by atoms with Gasteiger partial charge in [-0.3, -0.25) is 4.79 Å². The lowest BCUT2D eigenvalue weighted by molar-refractivity contribution is -0.120. The van der Waals surface area contributed by atoms with E-state index in [1.807, 2.05) is 31.2 Å². The van der Waals surface area contributed by atoms with E-state index >= 15 is 0 Å². The van der Waals surface area contributed by atoms with Crippen LogP contribution >= 0.6 is 46.3 Å². The number of thiazole rings is 1. The molecule has 0 saturated heterocycles. The number of carbonyl (C=O) groups is 1. The first-order chi connectivity index (χ1) is 12.0. The average molecular weight is 410 g/mol. The fourth-order valence-electron chi connectivity index (χ4n) is 1.99. The summed E-state index contributed by atoms with van der Waals surface area (Å²) in [5.41, 5.74) is 4.01. The van der Waals surface area contributed by atoms with Crippen molar-refractivity contribution < 1.29 is 4.79 Å². The summed E-state index contributed by atoms with van der Waals surface area (Å²) in [6.07, 6.45) is 1.44. The second-order valence-corrected chi connectivity index (χ2v) is 8.51. The summed E-state index contributed by atoms with van der Waals surface area (Å²) < 4.78 is 1.95. The minimum Gasteiger partial charge on any atom is -0.272 e. The van der Waals surface area contributed by atoms with E-state index in [-0.39, 0.29) is 11.2 Å². The van der Waals surface area contributed by atoms with Crippen molar-refractivity contribution in [2.24, 2.45) is 5.10 Å². The Morgan fingerprint density at radius 2 is 1.96 bits per heavy atom. The molecule has 0 bridgehead atoms. The van der Waals surface area contributed by atoms with Gasteiger partial charge in [0.1, 0.15) is 0 Å². The number of aromatic nitrogens is 1. The lowest BCUT2D eigenvalue weighted by Gasteiger charge is -2.07. The van der Waals surface area contributed by atoms with E-state index in [0.717, 1.165) is 14.6 Å². The molecule has 0 saturated carbocycles. The summed E-state index contributed by atoms with van der Waals surface area (Å²) in [5.74, 6) is -0.219. The normalized spacial score (nSPS) is 12.6. The molecule has 0 radical (unpaired) electrons. The van der Waals surface area contributed by atoms with Gasteiger partial charge < -0.3 is 0 Å². The molecule has 0 aliphatic rings. The zero-order valence-electron chi connectivity index (χ0n) is 13.1. The fraction of sp³-hybridized carbons (Fsp3) is 0.118. The average Bonchev–Trinajstić information content (AvgIpc) is 2.99. The molecule has 1 aromatic heterocycles. The van der Waals surface area contributed by atoms with E-state index in [9.17, 15) is 4.79 Å². The van der Waals surface area contributed by atoms with Crippen LogP contribution in [-0.2, 0) is 4.79 Å². The number of hydrazone groups is 1. The number of amides is 1. The smallest absolute Gasteiger partial charge is 0.253 e. The van der Waals surface area contributed by atoms with Crippen molar-refractivity contribution in [2.75, 3.05) is 0 Å². The van der Waals surface area contributed by atoms with Gasteiger partial charge >= 0.3 is 0 Å². The van der Waals surface area contributed by atoms with Gasteiger partial charge in [-0.2, -0.15) is 5.10 Å². The summed E-state index contributed by atoms with van der Waals surface area (Å²) in [6, 6.07) is 13.1. The van der Waals surface area contributed by atoms with Crippen molar-refractivity contribution in [1.82, 2.24) is 10.4 Å². The third kappa shape index (κ3) is 4.52. The third-order valence-corrected chi connectivity index (χ3v) is 6.18. The highest BCUT2D eigenvalue weighted by Crippen LogP contribution is 2.31. The monoisotopic (exact) mass is 409 g/mol. The van der Waals surface area contributed by atoms with Crippen LogP contribution in [0.15, 0.2) is 51.9 Å². The molecule has 0 spiro atoms. The lowest BCUT2D eigenvalue weighted by atomic mass is 10.2. The number of hydrogen-bond acceptors (Lipinski definition) is 5. The molecule has 1 heterocycles. The van der Waals surface area contributed by atoms with Gasteiger partial charge in [-0.25, -0.2) is 10.4 Å². The van der Waals surface area contributed by atoms with E-state index in [1.165, 1.54) is 18.0 Å². The fourth-order valence-corrected chi connectivity index (χ4v) is 4.69. The van der Waals surface area contributed by atoms with Gasteiger partial charge in [-0.15, -0.1) is 11.3 Å². The SMILES string of the molecule is C[C@@H](Sc1nc2ccccc2s1)C(=O)NN=Cc1c(Cl)cccc1Cl. The maximum atomic E-state index is 12.2. The number of thioether (sulfide) groups is 1. The Morgan fingerprint density at radius 1 is 1.24 bits per heavy atom. The van der Waals surface area contributed by atoms with E-state index < -0.39 is 0 Å². The topological polar surface area (TPSA) is 54.4 Å². The van der Waals surface area contributed by atoms with Gasteiger partial charge in [-0.05, 0) is 31.2 Å². The van der Waals surface area contributed by atoms with Crippen molar-refractivity contribution in [1.29, 1.82) is 0 Å². The first-order valence-electron chi connectivity index (χ1n) is 7.34. The number of nitrogens with zero attached hydrogens (tertiary/aromatic N) is 2. The molecule has 1 atom stereocenters. The number of carbonyl (C=O) groups excluding carboxylic acids is 1. The van der Waals surface area contributed by atoms with Crippen LogP contribution in [0.1, 0.15) is 12.5 Å². The second kappa shape index (κ2) is 8.19. The molecule has 3 aromatic rings. The number of para-hydroxylation sites is 1. The maximum Gasteiger partial charge on any atom is 0.253 e. The number of halogens is 2. The Balaban J connectivity index is 1.61. The van der Waals surface area contributed by atoms with E-state index in [0.29, 0.717) is 15.6 Å². The molecule has 2 aromatic carbocycles. The van der Waals surface area contributed by atoms with Crippen LogP contribution in [0.5, 0.6) is 0 Å². The summed E-state index contributed by atoms with van der Waals surface area (Å²) >= 11 is 15.1. The Morgan fingerprint density at radius 3 is 2.68 bits per heavy atom. The molecular weight excluding hydrogens is 397 g/mol. The maximum absolute atomic E-state index is 12.2. The molecule has 0 unspecified atom stereocenters. The van der Waals surface area contributed by atoms with Crippen LogP contribution in [0.2, 0.25) is 10.0 Å². The Labute approximate surface area is 163 Å². The quantitative estimate of drug-likeness (QED) is 0.356. The number of benzene rings is 2. The highest BCUT2D eigenvalue weighted by molar-refractivity contribution is 8.02. The minimum atomic E-state index is -0.334. The van der Waals surface area contributed by atoms with Crippen LogP contribution in [0.3, 0.4) is 0 Å². The first-order valence-corrected chi connectivity index (χ1v) is 9.79. The molecule has 0 fully saturated rings. The highest BCUT2D eigenvalue weighted by Gasteiger charge is 2.16. The lowest BCUT2D eigenvalue weighted by Crippen LogP contribution is -2.26. The predicted octanol–water partition coefficient (Wildman–Crippen LogP) is 5.23. The third-order valence-electron chi connectivity index (χ3n) is 3.29. The minimum absolute atomic E-state index is 0.219. The van der Waals surface area contributed by atoms with Crippen molar-refractivity contribution in [2.45, 2.75) is 16.5 Å². The Bertz CT molecular complexity index is 889. The number of rotatable bonds is 5. The van der Waals surface area contributed by atoms with Crippen LogP contribution in [0, 0.1) is 0 Å². The number of nitrogens with one attached hydrogen (secondary N) is 1. The Hall–Kier alpha value is -1.60. The van der Waals surface area contributed by atoms with E-state index in [4.69, 9.17) is 23.2 Å². The zero-order valence-corrected chi connectivity index (χ0v) is 16.2. The van der Waals surface area contributed by atoms with Crippen LogP contribution < -0.4 is 5.43 Å². The van der Waals surface area contributed by atoms with Crippen LogP contribution in [-0.4, -0.2) is 22.4 Å². The highest BCUT2D eigenvalue weighted by atomic mass is 35.5. The van der Waals surface area contributed by atoms with Crippen LogP contribution in [0.4, 0.5) is 0 Å². The van der Waals surface area contributed by atoms with Gasteiger partial charge in [0.2, 0.25) is 0 Å². The van der Waals surface area contributed by atoms with Crippen LogP contribution in [0.25, 0.3) is 10.2 Å². The van der Waals surface area contributed by atoms with Crippen molar-refractivity contribution in [3.8, 4) is 0 Å². The molecule has 25 heavy (non-hydrogen) atoms. The number of fused-ring (bicyclic) bond motifs is 1. The van der Waals surface area contributed by atoms with Crippen molar-refractivity contribution >= 4 is 68.6 Å². The molecule has 128 valence electrons. The standard InChI is InChI=1S/C17H13Cl2N3OS2/c1-10(24-17-21-14-7-2-3-8-15(14)25-17)16(23)22-20-9-11-12(18)5-4-6-13(11)19/h2-10H,1H3,(H,22,23)/t10-/m1/s1. The Kier molecular flexibility index (Phi) is 5.96. The van der Waals surface area contributed by atoms with Gasteiger partial charge in [0.15, 0.2) is 4.34 Å². The van der Waals surface area contributed by atoms with Gasteiger partial charge in [0, 0.05) is 5.56 Å². The zero-order chi connectivity index (χ0) is 17.8. The van der Waals surface area contributed by atoms with Gasteiger partial charge in [0.25, 0.3) is 5.91 Å². The van der Waals surface area contributed by atoms with Crippen molar-refractivity contribution in [3.63, 3.8) is 0 Å². The van der Waals surface area contributed by atoms with Gasteiger partial charge in [0.05, 0.1) is 31.7 Å². The molecule has 4 nitrogen and oxygen atoms in total. The van der Waals surface area contributed by atoms with E-state index in [1.54, 1.807) is 29.5 Å². The van der Waals surface area contributed by atoms with E-state index in [2.05, 4.69) is 15.5 Å². The summed E-state index contributed by atoms with van der Waals surface area (Å²) in [6.45, 7) is 1.81. The molecule has 8 heteroatoms. The summed E-state index contributed by atoms with van der Waals surface area (Å²) in [4.78, 5) is 16.7. The largest absolute Gasteiger partial charge is 0.272 e. The first kappa shape index (κ1) is 18.2. The molecule has 1 N–H and O–H groups in total. The van der Waals surface area contributed by atoms with Gasteiger partial charge in [-0.1, -0.05) is 53.2 Å². The second-order valence-electron chi connectivity index (χ2n) is 5.08. The summed E-state index contributed by atoms with van der Waals surface area (Å²) in [7, 11) is 0. The molecule has 0 aliphatic heterocycles. The molecular formula is C17H13Cl2N3OS2.